The quantitative estimate of drug-likeness (QED) is 0.859. The van der Waals surface area contributed by atoms with Gasteiger partial charge in [0.25, 0.3) is 11.5 Å². The van der Waals surface area contributed by atoms with Crippen molar-refractivity contribution in [3.63, 3.8) is 0 Å². The van der Waals surface area contributed by atoms with Crippen molar-refractivity contribution in [1.29, 1.82) is 0 Å². The van der Waals surface area contributed by atoms with Crippen LogP contribution in [0.5, 0.6) is 0 Å². The molecule has 3 heterocycles. The first-order valence-electron chi connectivity index (χ1n) is 6.39. The lowest BCUT2D eigenvalue weighted by Crippen LogP contribution is -2.34. The van der Waals surface area contributed by atoms with E-state index in [2.05, 4.69) is 9.97 Å². The summed E-state index contributed by atoms with van der Waals surface area (Å²) in [5, 5.41) is 0. The molecule has 1 atom stereocenters. The predicted molar refractivity (Wildman–Crippen MR) is 70.9 cm³/mol. The van der Waals surface area contributed by atoms with E-state index in [1.165, 1.54) is 6.20 Å². The molecule has 0 aliphatic carbocycles. The molecule has 3 rings (SSSR count). The van der Waals surface area contributed by atoms with Crippen molar-refractivity contribution in [3.8, 4) is 0 Å². The summed E-state index contributed by atoms with van der Waals surface area (Å²) >= 11 is 0. The van der Waals surface area contributed by atoms with Crippen molar-refractivity contribution < 1.29 is 4.79 Å². The summed E-state index contributed by atoms with van der Waals surface area (Å²) in [6.45, 7) is 0.691. The Morgan fingerprint density at radius 3 is 2.74 bits per heavy atom. The average Bonchev–Trinajstić information content (AvgIpc) is 3.09. The third-order valence-electron chi connectivity index (χ3n) is 3.54. The number of carbonyl (C=O) groups is 1. The number of rotatable bonds is 2. The summed E-state index contributed by atoms with van der Waals surface area (Å²) in [6, 6.07) is 7.19. The average molecular weight is 257 g/mol. The highest BCUT2D eigenvalue weighted by Crippen LogP contribution is 2.31. The monoisotopic (exact) mass is 257 g/mol. The smallest absolute Gasteiger partial charge is 0.260 e. The van der Waals surface area contributed by atoms with Crippen LogP contribution in [0.3, 0.4) is 0 Å². The highest BCUT2D eigenvalue weighted by Gasteiger charge is 2.31. The molecule has 0 unspecified atom stereocenters. The van der Waals surface area contributed by atoms with Gasteiger partial charge in [-0.1, -0.05) is 0 Å². The van der Waals surface area contributed by atoms with Crippen molar-refractivity contribution >= 4 is 5.91 Å². The van der Waals surface area contributed by atoms with Gasteiger partial charge in [0, 0.05) is 24.6 Å². The Morgan fingerprint density at radius 2 is 2.00 bits per heavy atom. The fourth-order valence-electron chi connectivity index (χ4n) is 2.63. The third-order valence-corrected chi connectivity index (χ3v) is 3.54. The zero-order chi connectivity index (χ0) is 13.2. The number of amides is 1. The molecule has 1 amide bonds. The first-order valence-corrected chi connectivity index (χ1v) is 6.39. The second-order valence-electron chi connectivity index (χ2n) is 4.69. The Bertz CT molecular complexity index is 630. The Labute approximate surface area is 110 Å². The number of nitrogens with zero attached hydrogens (tertiary/aromatic N) is 1. The van der Waals surface area contributed by atoms with Crippen LogP contribution in [-0.2, 0) is 0 Å². The molecule has 0 bridgehead atoms. The van der Waals surface area contributed by atoms with Gasteiger partial charge in [0.05, 0.1) is 6.04 Å². The van der Waals surface area contributed by atoms with Crippen LogP contribution in [0.1, 0.15) is 34.9 Å². The number of hydrogen-bond acceptors (Lipinski definition) is 2. The molecule has 19 heavy (non-hydrogen) atoms. The van der Waals surface area contributed by atoms with Gasteiger partial charge in [-0.15, -0.1) is 0 Å². The second kappa shape index (κ2) is 4.76. The zero-order valence-electron chi connectivity index (χ0n) is 10.4. The van der Waals surface area contributed by atoms with Crippen LogP contribution in [0, 0.1) is 0 Å². The van der Waals surface area contributed by atoms with E-state index in [4.69, 9.17) is 0 Å². The van der Waals surface area contributed by atoms with Crippen molar-refractivity contribution in [2.24, 2.45) is 0 Å². The molecular formula is C14H15N3O2. The van der Waals surface area contributed by atoms with E-state index in [9.17, 15) is 9.59 Å². The van der Waals surface area contributed by atoms with E-state index in [0.29, 0.717) is 6.54 Å². The van der Waals surface area contributed by atoms with Gasteiger partial charge in [0.1, 0.15) is 5.56 Å². The fourth-order valence-corrected chi connectivity index (χ4v) is 2.63. The fraction of sp³-hybridized carbons (Fsp3) is 0.286. The van der Waals surface area contributed by atoms with Gasteiger partial charge in [-0.2, -0.15) is 0 Å². The molecule has 1 aliphatic heterocycles. The molecule has 1 fully saturated rings. The van der Waals surface area contributed by atoms with Crippen LogP contribution < -0.4 is 5.56 Å². The Hall–Kier alpha value is -2.30. The van der Waals surface area contributed by atoms with E-state index in [1.807, 2.05) is 18.3 Å². The topological polar surface area (TPSA) is 69.0 Å². The highest BCUT2D eigenvalue weighted by atomic mass is 16.2. The summed E-state index contributed by atoms with van der Waals surface area (Å²) in [7, 11) is 0. The normalized spacial score (nSPS) is 18.7. The van der Waals surface area contributed by atoms with Crippen LogP contribution in [-0.4, -0.2) is 27.3 Å². The number of pyridine rings is 1. The molecule has 2 aromatic heterocycles. The molecule has 2 N–H and O–H groups in total. The van der Waals surface area contributed by atoms with E-state index < -0.39 is 0 Å². The molecule has 98 valence electrons. The standard InChI is InChI=1S/C14H15N3O2/c18-13-10(4-1-8-16-13)14(19)17-9-3-6-12(17)11-5-2-7-15-11/h1-2,4-5,7-8,12,15H,3,6,9H2,(H,16,18)/t12-/m1/s1. The Kier molecular flexibility index (Phi) is 2.95. The van der Waals surface area contributed by atoms with Gasteiger partial charge >= 0.3 is 0 Å². The van der Waals surface area contributed by atoms with Crippen LogP contribution in [0.4, 0.5) is 0 Å². The van der Waals surface area contributed by atoms with Crippen LogP contribution >= 0.6 is 0 Å². The molecule has 0 aromatic carbocycles. The van der Waals surface area contributed by atoms with Crippen molar-refractivity contribution in [2.45, 2.75) is 18.9 Å². The molecule has 2 aromatic rings. The summed E-state index contributed by atoms with van der Waals surface area (Å²) in [5.41, 5.74) is 0.906. The van der Waals surface area contributed by atoms with Gasteiger partial charge < -0.3 is 14.9 Å². The molecular weight excluding hydrogens is 242 g/mol. The Balaban J connectivity index is 1.91. The molecule has 0 saturated carbocycles. The van der Waals surface area contributed by atoms with Crippen molar-refractivity contribution in [3.05, 3.63) is 58.3 Å². The first-order chi connectivity index (χ1) is 9.27. The highest BCUT2D eigenvalue weighted by molar-refractivity contribution is 5.94. The van der Waals surface area contributed by atoms with Crippen LogP contribution in [0.25, 0.3) is 0 Å². The maximum absolute atomic E-state index is 12.5. The molecule has 5 heteroatoms. The van der Waals surface area contributed by atoms with E-state index in [0.717, 1.165) is 18.5 Å². The lowest BCUT2D eigenvalue weighted by atomic mass is 10.1. The number of likely N-dealkylation sites (tertiary alicyclic amines) is 1. The maximum atomic E-state index is 12.5. The number of aromatic nitrogens is 2. The number of H-pyrrole nitrogens is 2. The summed E-state index contributed by atoms with van der Waals surface area (Å²) in [5.74, 6) is -0.195. The van der Waals surface area contributed by atoms with Gasteiger partial charge in [0.15, 0.2) is 0 Å². The van der Waals surface area contributed by atoms with Gasteiger partial charge in [0.2, 0.25) is 0 Å². The van der Waals surface area contributed by atoms with Gasteiger partial charge in [-0.3, -0.25) is 9.59 Å². The summed E-state index contributed by atoms with van der Waals surface area (Å²) < 4.78 is 0. The van der Waals surface area contributed by atoms with E-state index in [1.54, 1.807) is 17.0 Å². The van der Waals surface area contributed by atoms with Crippen LogP contribution in [0.2, 0.25) is 0 Å². The number of hydrogen-bond donors (Lipinski definition) is 2. The minimum Gasteiger partial charge on any atom is -0.363 e. The summed E-state index contributed by atoms with van der Waals surface area (Å²) in [4.78, 5) is 31.6. The molecule has 5 nitrogen and oxygen atoms in total. The lowest BCUT2D eigenvalue weighted by Gasteiger charge is -2.23. The summed E-state index contributed by atoms with van der Waals surface area (Å²) in [6.07, 6.45) is 5.27. The maximum Gasteiger partial charge on any atom is 0.260 e. The van der Waals surface area contributed by atoms with Gasteiger partial charge in [-0.25, -0.2) is 0 Å². The largest absolute Gasteiger partial charge is 0.363 e. The molecule has 0 radical (unpaired) electrons. The molecule has 0 spiro atoms. The zero-order valence-corrected chi connectivity index (χ0v) is 10.4. The van der Waals surface area contributed by atoms with Crippen molar-refractivity contribution in [2.75, 3.05) is 6.54 Å². The second-order valence-corrected chi connectivity index (χ2v) is 4.69. The van der Waals surface area contributed by atoms with E-state index >= 15 is 0 Å². The lowest BCUT2D eigenvalue weighted by molar-refractivity contribution is 0.0731. The predicted octanol–water partition coefficient (Wildman–Crippen LogP) is 1.68. The first kappa shape index (κ1) is 11.8. The van der Waals surface area contributed by atoms with E-state index in [-0.39, 0.29) is 23.1 Å². The third kappa shape index (κ3) is 2.07. The van der Waals surface area contributed by atoms with Gasteiger partial charge in [-0.05, 0) is 37.1 Å². The number of carbonyl (C=O) groups excluding carboxylic acids is 1. The minimum atomic E-state index is -0.329. The molecule has 1 aliphatic rings. The Morgan fingerprint density at radius 1 is 1.21 bits per heavy atom. The minimum absolute atomic E-state index is 0.0436. The molecule has 1 saturated heterocycles. The number of nitrogens with one attached hydrogen (secondary N) is 2. The number of aromatic amines is 2. The van der Waals surface area contributed by atoms with Crippen molar-refractivity contribution in [1.82, 2.24) is 14.9 Å². The SMILES string of the molecule is O=C(c1ccc[nH]c1=O)N1CCC[C@@H]1c1ccc[nH]1. The van der Waals surface area contributed by atoms with Crippen LogP contribution in [0.15, 0.2) is 41.5 Å².